The van der Waals surface area contributed by atoms with E-state index in [0.29, 0.717) is 0 Å². The normalized spacial score (nSPS) is 12.1. The van der Waals surface area contributed by atoms with Crippen LogP contribution in [-0.4, -0.2) is 32.0 Å². The molecule has 1 heterocycles. The highest BCUT2D eigenvalue weighted by Gasteiger charge is 2.49. The summed E-state index contributed by atoms with van der Waals surface area (Å²) in [6.45, 7) is 1.39. The van der Waals surface area contributed by atoms with Crippen LogP contribution < -0.4 is 9.92 Å². The number of anilines is 1. The maximum absolute atomic E-state index is 12.2. The summed E-state index contributed by atoms with van der Waals surface area (Å²) in [6, 6.07) is 1.04. The molecule has 0 spiro atoms. The van der Waals surface area contributed by atoms with Gasteiger partial charge >= 0.3 is 21.6 Å². The summed E-state index contributed by atoms with van der Waals surface area (Å²) in [5, 5.41) is 0. The van der Waals surface area contributed by atoms with Crippen molar-refractivity contribution >= 4 is 21.8 Å². The number of methoxy groups -OCH3 is 1. The molecule has 0 fully saturated rings. The van der Waals surface area contributed by atoms with Crippen LogP contribution in [0.4, 0.5) is 18.9 Å². The van der Waals surface area contributed by atoms with Crippen LogP contribution in [0.5, 0.6) is 5.88 Å². The summed E-state index contributed by atoms with van der Waals surface area (Å²) >= 11 is 0. The van der Waals surface area contributed by atoms with E-state index in [2.05, 4.69) is 13.9 Å². The lowest BCUT2D eigenvalue weighted by atomic mass is 10.2. The number of alkyl halides is 3. The SMILES string of the molecule is COC(=O)c1nc(OS(=O)(=O)C(F)(F)F)c(N)cc1C. The van der Waals surface area contributed by atoms with Crippen molar-refractivity contribution in [1.82, 2.24) is 4.98 Å². The summed E-state index contributed by atoms with van der Waals surface area (Å²) in [5.74, 6) is -2.02. The predicted molar refractivity (Wildman–Crippen MR) is 60.3 cm³/mol. The van der Waals surface area contributed by atoms with E-state index in [4.69, 9.17) is 5.73 Å². The van der Waals surface area contributed by atoms with E-state index in [9.17, 15) is 26.4 Å². The van der Waals surface area contributed by atoms with Crippen LogP contribution in [0.2, 0.25) is 0 Å². The minimum absolute atomic E-state index is 0.186. The molecule has 0 atom stereocenters. The first-order valence-electron chi connectivity index (χ1n) is 4.85. The average Bonchev–Trinajstić information content (AvgIpc) is 2.30. The number of ether oxygens (including phenoxy) is 1. The van der Waals surface area contributed by atoms with Crippen LogP contribution in [0, 0.1) is 6.92 Å². The Hall–Kier alpha value is -2.04. The fourth-order valence-electron chi connectivity index (χ4n) is 1.14. The summed E-state index contributed by atoms with van der Waals surface area (Å²) in [6.07, 6.45) is 0. The van der Waals surface area contributed by atoms with Crippen molar-refractivity contribution in [2.75, 3.05) is 12.8 Å². The van der Waals surface area contributed by atoms with Gasteiger partial charge in [0.1, 0.15) is 0 Å². The molecule has 0 radical (unpaired) electrons. The van der Waals surface area contributed by atoms with Crippen LogP contribution >= 0.6 is 0 Å². The van der Waals surface area contributed by atoms with Gasteiger partial charge < -0.3 is 14.7 Å². The van der Waals surface area contributed by atoms with Gasteiger partial charge in [0.2, 0.25) is 0 Å². The van der Waals surface area contributed by atoms with Crippen LogP contribution in [0.3, 0.4) is 0 Å². The molecule has 20 heavy (non-hydrogen) atoms. The van der Waals surface area contributed by atoms with Gasteiger partial charge in [0.05, 0.1) is 12.8 Å². The average molecular weight is 314 g/mol. The number of pyridine rings is 1. The zero-order valence-electron chi connectivity index (χ0n) is 10.2. The molecule has 0 aliphatic heterocycles. The molecule has 2 N–H and O–H groups in total. The largest absolute Gasteiger partial charge is 0.534 e. The van der Waals surface area contributed by atoms with Gasteiger partial charge in [-0.3, -0.25) is 0 Å². The van der Waals surface area contributed by atoms with Crippen LogP contribution in [0.15, 0.2) is 6.07 Å². The van der Waals surface area contributed by atoms with Crippen molar-refractivity contribution in [3.05, 3.63) is 17.3 Å². The Morgan fingerprint density at radius 2 is 1.95 bits per heavy atom. The summed E-state index contributed by atoms with van der Waals surface area (Å²) in [5.41, 5.74) is -1.02. The molecular formula is C9H9F3N2O5S. The van der Waals surface area contributed by atoms with Crippen LogP contribution in [0.1, 0.15) is 16.1 Å². The van der Waals surface area contributed by atoms with Crippen molar-refractivity contribution in [1.29, 1.82) is 0 Å². The molecule has 1 rings (SSSR count). The zero-order chi connectivity index (χ0) is 15.7. The number of esters is 1. The second-order valence-corrected chi connectivity index (χ2v) is 5.06. The lowest BCUT2D eigenvalue weighted by Gasteiger charge is -2.12. The Bertz CT molecular complexity index is 642. The highest BCUT2D eigenvalue weighted by Crippen LogP contribution is 2.30. The van der Waals surface area contributed by atoms with Crippen LogP contribution in [-0.2, 0) is 14.9 Å². The third-order valence-electron chi connectivity index (χ3n) is 2.06. The van der Waals surface area contributed by atoms with E-state index in [1.165, 1.54) is 6.92 Å². The molecule has 7 nitrogen and oxygen atoms in total. The van der Waals surface area contributed by atoms with Crippen molar-refractivity contribution in [3.8, 4) is 5.88 Å². The first-order valence-corrected chi connectivity index (χ1v) is 6.26. The fraction of sp³-hybridized carbons (Fsp3) is 0.333. The standard InChI is InChI=1S/C9H9F3N2O5S/c1-4-3-5(13)7(14-6(4)8(15)18-2)19-20(16,17)9(10,11)12/h3H,13H2,1-2H3. The maximum atomic E-state index is 12.2. The number of carbonyl (C=O) groups is 1. The first-order chi connectivity index (χ1) is 8.99. The molecule has 0 bridgehead atoms. The third kappa shape index (κ3) is 3.10. The van der Waals surface area contributed by atoms with Crippen molar-refractivity contribution in [3.63, 3.8) is 0 Å². The first kappa shape index (κ1) is 16.0. The summed E-state index contributed by atoms with van der Waals surface area (Å²) < 4.78 is 66.4. The molecule has 0 aliphatic carbocycles. The molecule has 112 valence electrons. The van der Waals surface area contributed by atoms with E-state index >= 15 is 0 Å². The minimum atomic E-state index is -5.93. The highest BCUT2D eigenvalue weighted by molar-refractivity contribution is 7.88. The van der Waals surface area contributed by atoms with Gasteiger partial charge in [-0.2, -0.15) is 21.6 Å². The number of hydrogen-bond acceptors (Lipinski definition) is 7. The Balaban J connectivity index is 3.31. The molecule has 1 aromatic heterocycles. The topological polar surface area (TPSA) is 109 Å². The van der Waals surface area contributed by atoms with Gasteiger partial charge in [-0.25, -0.2) is 9.78 Å². The monoisotopic (exact) mass is 314 g/mol. The Kier molecular flexibility index (Phi) is 4.12. The van der Waals surface area contributed by atoms with E-state index in [-0.39, 0.29) is 5.56 Å². The lowest BCUT2D eigenvalue weighted by Crippen LogP contribution is -2.29. The van der Waals surface area contributed by atoms with E-state index in [0.717, 1.165) is 13.2 Å². The summed E-state index contributed by atoms with van der Waals surface area (Å²) in [4.78, 5) is 14.6. The molecule has 0 amide bonds. The van der Waals surface area contributed by atoms with Gasteiger partial charge in [-0.15, -0.1) is 0 Å². The second kappa shape index (κ2) is 5.15. The molecular weight excluding hydrogens is 305 g/mol. The van der Waals surface area contributed by atoms with E-state index < -0.39 is 38.9 Å². The van der Waals surface area contributed by atoms with Crippen LogP contribution in [0.25, 0.3) is 0 Å². The Labute approximate surface area is 111 Å². The number of rotatable bonds is 3. The van der Waals surface area contributed by atoms with Gasteiger partial charge in [0, 0.05) is 0 Å². The highest BCUT2D eigenvalue weighted by atomic mass is 32.2. The number of carbonyl (C=O) groups excluding carboxylic acids is 1. The third-order valence-corrected chi connectivity index (χ3v) is 3.00. The number of aromatic nitrogens is 1. The molecule has 0 aromatic carbocycles. The fourth-order valence-corrected chi connectivity index (χ4v) is 1.57. The summed E-state index contributed by atoms with van der Waals surface area (Å²) in [7, 11) is -4.91. The Morgan fingerprint density at radius 3 is 2.40 bits per heavy atom. The van der Waals surface area contributed by atoms with Gasteiger partial charge in [0.15, 0.2) is 5.69 Å². The smallest absolute Gasteiger partial charge is 0.464 e. The molecule has 1 aromatic rings. The number of nitrogens with two attached hydrogens (primary N) is 1. The van der Waals surface area contributed by atoms with Crippen molar-refractivity contribution < 1.29 is 35.3 Å². The number of hydrogen-bond donors (Lipinski definition) is 1. The minimum Gasteiger partial charge on any atom is -0.464 e. The molecule has 0 saturated carbocycles. The number of halogens is 3. The van der Waals surface area contributed by atoms with Gasteiger partial charge in [-0.05, 0) is 18.6 Å². The quantitative estimate of drug-likeness (QED) is 0.503. The van der Waals surface area contributed by atoms with Gasteiger partial charge in [-0.1, -0.05) is 0 Å². The van der Waals surface area contributed by atoms with E-state index in [1.54, 1.807) is 0 Å². The molecule has 11 heteroatoms. The zero-order valence-corrected chi connectivity index (χ0v) is 11.0. The lowest BCUT2D eigenvalue weighted by molar-refractivity contribution is -0.0501. The predicted octanol–water partition coefficient (Wildman–Crippen LogP) is 0.987. The maximum Gasteiger partial charge on any atom is 0.534 e. The van der Waals surface area contributed by atoms with E-state index in [1.807, 2.05) is 0 Å². The van der Waals surface area contributed by atoms with Crippen molar-refractivity contribution in [2.24, 2.45) is 0 Å². The number of nitrogen functional groups attached to an aromatic ring is 1. The Morgan fingerprint density at radius 1 is 1.40 bits per heavy atom. The van der Waals surface area contributed by atoms with Crippen molar-refractivity contribution in [2.45, 2.75) is 12.4 Å². The molecule has 0 aliphatic rings. The second-order valence-electron chi connectivity index (χ2n) is 3.52. The number of aryl methyl sites for hydroxylation is 1. The molecule has 0 saturated heterocycles. The molecule has 0 unspecified atom stereocenters. The van der Waals surface area contributed by atoms with Gasteiger partial charge in [0.25, 0.3) is 5.88 Å². The number of nitrogens with zero attached hydrogens (tertiary/aromatic N) is 1.